The van der Waals surface area contributed by atoms with Gasteiger partial charge in [-0.3, -0.25) is 4.40 Å². The summed E-state index contributed by atoms with van der Waals surface area (Å²) in [5, 5.41) is 13.4. The average molecular weight is 1250 g/mol. The van der Waals surface area contributed by atoms with E-state index in [0.717, 1.165) is 27.8 Å². The van der Waals surface area contributed by atoms with E-state index in [4.69, 9.17) is 4.42 Å². The molecule has 17 rings (SSSR count). The summed E-state index contributed by atoms with van der Waals surface area (Å²) in [4.78, 5) is 0. The lowest BCUT2D eigenvalue weighted by Gasteiger charge is -2.26. The van der Waals surface area contributed by atoms with Crippen molar-refractivity contribution in [3.63, 3.8) is 0 Å². The summed E-state index contributed by atoms with van der Waals surface area (Å²) in [6.07, 6.45) is 0. The molecular weight excluding hydrogens is 1160 g/mol. The highest BCUT2D eigenvalue weighted by molar-refractivity contribution is 6.36. The maximum Gasteiger partial charge on any atom is 0.213 e. The molecule has 0 fully saturated rings. The molecule has 4 heteroatoms. The number of hydrogen-bond donors (Lipinski definition) is 0. The van der Waals surface area contributed by atoms with E-state index in [9.17, 15) is 0 Å². The topological polar surface area (TPSA) is 26.9 Å². The first-order chi connectivity index (χ1) is 45.4. The van der Waals surface area contributed by atoms with Gasteiger partial charge in [0.1, 0.15) is 5.58 Å². The average Bonchev–Trinajstić information content (AvgIpc) is 1.50. The van der Waals surface area contributed by atoms with Crippen LogP contribution in [0.2, 0.25) is 0 Å². The summed E-state index contributed by atoms with van der Waals surface area (Å²) < 4.78 is 14.9. The first kappa shape index (κ1) is 60.1. The lowest BCUT2D eigenvalue weighted by Crippen LogP contribution is -2.16. The van der Waals surface area contributed by atoms with Gasteiger partial charge in [-0.25, -0.2) is 0 Å². The number of fused-ring (bicyclic) bond motifs is 18. The molecule has 0 bridgehead atoms. The summed E-state index contributed by atoms with van der Waals surface area (Å²) in [6.45, 7) is 42.4. The summed E-state index contributed by atoms with van der Waals surface area (Å²) in [6, 6.07) is 78.0. The first-order valence-corrected chi connectivity index (χ1v) is 34.8. The second kappa shape index (κ2) is 20.0. The van der Waals surface area contributed by atoms with Crippen molar-refractivity contribution in [3.8, 4) is 50.2 Å². The van der Waals surface area contributed by atoms with E-state index < -0.39 is 0 Å². The molecule has 11 aromatic carbocycles. The second-order valence-corrected chi connectivity index (χ2v) is 34.4. The zero-order valence-electron chi connectivity index (χ0n) is 59.3. The molecule has 0 N–H and O–H groups in total. The van der Waals surface area contributed by atoms with Crippen molar-refractivity contribution < 1.29 is 4.42 Å². The number of hydrogen-bond acceptors (Lipinski definition) is 1. The van der Waals surface area contributed by atoms with Crippen LogP contribution in [-0.4, -0.2) is 13.4 Å². The number of aromatic nitrogens is 3. The Labute approximate surface area is 564 Å². The lowest BCUT2D eigenvalue weighted by molar-refractivity contribution is 0.568. The van der Waals surface area contributed by atoms with E-state index in [1.54, 1.807) is 0 Å². The van der Waals surface area contributed by atoms with Crippen molar-refractivity contribution in [2.75, 3.05) is 0 Å². The Kier molecular flexibility index (Phi) is 12.5. The van der Waals surface area contributed by atoms with Crippen LogP contribution in [0.4, 0.5) is 0 Å². The van der Waals surface area contributed by atoms with Gasteiger partial charge in [0, 0.05) is 65.1 Å². The summed E-state index contributed by atoms with van der Waals surface area (Å²) in [7, 11) is 0. The molecule has 6 heterocycles. The number of benzene rings is 11. The van der Waals surface area contributed by atoms with E-state index in [-0.39, 0.29) is 32.5 Å². The van der Waals surface area contributed by atoms with Crippen molar-refractivity contribution >= 4 is 109 Å². The maximum atomic E-state index is 7.31. The summed E-state index contributed by atoms with van der Waals surface area (Å²) in [5.74, 6) is 0. The molecule has 6 aromatic heterocycles. The highest BCUT2D eigenvalue weighted by Gasteiger charge is 2.32. The molecule has 0 radical (unpaired) electrons. The third kappa shape index (κ3) is 9.06. The molecule has 0 amide bonds. The Hall–Kier alpha value is -9.64. The van der Waals surface area contributed by atoms with Crippen LogP contribution in [0.25, 0.3) is 159 Å². The zero-order chi connectivity index (χ0) is 67.0. The molecule has 476 valence electrons. The van der Waals surface area contributed by atoms with E-state index in [1.165, 1.54) is 165 Å². The van der Waals surface area contributed by atoms with E-state index in [0.29, 0.717) is 0 Å². The van der Waals surface area contributed by atoms with Crippen LogP contribution in [0.15, 0.2) is 205 Å². The van der Waals surface area contributed by atoms with Crippen molar-refractivity contribution in [1.29, 1.82) is 0 Å². The maximum absolute atomic E-state index is 7.31. The Balaban J connectivity index is 1.07. The molecule has 4 nitrogen and oxygen atoms in total. The zero-order valence-corrected chi connectivity index (χ0v) is 59.3. The van der Waals surface area contributed by atoms with Gasteiger partial charge < -0.3 is 13.4 Å². The van der Waals surface area contributed by atoms with Gasteiger partial charge in [-0.15, -0.1) is 0 Å². The fourth-order valence-corrected chi connectivity index (χ4v) is 15.9. The Bertz CT molecular complexity index is 6010. The number of furan rings is 1. The molecule has 0 spiro atoms. The molecule has 0 aliphatic rings. The lowest BCUT2D eigenvalue weighted by atomic mass is 9.78. The van der Waals surface area contributed by atoms with Gasteiger partial charge in [0.15, 0.2) is 0 Å². The van der Waals surface area contributed by atoms with Crippen LogP contribution in [0.3, 0.4) is 0 Å². The molecule has 17 aromatic rings. The SMILES string of the molecule is CC(C)(C)c1cc(-c2cc(-c3ccc4c(c3)c3ccccc3n4-c3ccccc3)c3c(c2)c2cc(-c4cc(C(C)(C)C)cc(C(C)(C)C)c4)cc4c5c(ccc6c7cc(-c8cc(C(C)(C)C)cc(C(C)(C)C)c8)cc8c9c%10ccccc%10oc9n(c78)c65)n3c24)cc(C(C)(C)C)c1. The van der Waals surface area contributed by atoms with Crippen molar-refractivity contribution in [2.24, 2.45) is 0 Å². The molecule has 0 aliphatic heterocycles. The van der Waals surface area contributed by atoms with Crippen molar-refractivity contribution in [3.05, 3.63) is 234 Å². The van der Waals surface area contributed by atoms with Gasteiger partial charge in [0.25, 0.3) is 0 Å². The van der Waals surface area contributed by atoms with Gasteiger partial charge in [0.2, 0.25) is 5.71 Å². The van der Waals surface area contributed by atoms with Gasteiger partial charge in [-0.05, 0) is 184 Å². The minimum Gasteiger partial charge on any atom is -0.439 e. The van der Waals surface area contributed by atoms with E-state index >= 15 is 0 Å². The third-order valence-corrected chi connectivity index (χ3v) is 21.5. The van der Waals surface area contributed by atoms with Crippen molar-refractivity contribution in [1.82, 2.24) is 13.4 Å². The van der Waals surface area contributed by atoms with Gasteiger partial charge in [-0.2, -0.15) is 0 Å². The predicted octanol–water partition coefficient (Wildman–Crippen LogP) is 26.3. The van der Waals surface area contributed by atoms with E-state index in [1.807, 2.05) is 0 Å². The van der Waals surface area contributed by atoms with Crippen LogP contribution in [0.1, 0.15) is 158 Å². The van der Waals surface area contributed by atoms with Gasteiger partial charge >= 0.3 is 0 Å². The molecule has 0 saturated carbocycles. The second-order valence-electron chi connectivity index (χ2n) is 34.4. The number of rotatable bonds is 5. The summed E-state index contributed by atoms with van der Waals surface area (Å²) >= 11 is 0. The number of nitrogens with zero attached hydrogens (tertiary/aromatic N) is 3. The fraction of sp³-hybridized carbons (Fsp3) is 0.261. The molecule has 96 heavy (non-hydrogen) atoms. The molecular formula is C92H87N3O. The minimum atomic E-state index is -0.0864. The Morgan fingerprint density at radius 1 is 0.250 bits per heavy atom. The minimum absolute atomic E-state index is 0.0472. The highest BCUT2D eigenvalue weighted by atomic mass is 16.3. The van der Waals surface area contributed by atoms with Crippen LogP contribution in [0, 0.1) is 0 Å². The smallest absolute Gasteiger partial charge is 0.213 e. The molecule has 0 aliphatic carbocycles. The first-order valence-electron chi connectivity index (χ1n) is 34.8. The molecule has 0 saturated heterocycles. The third-order valence-electron chi connectivity index (χ3n) is 21.5. The van der Waals surface area contributed by atoms with Crippen LogP contribution < -0.4 is 0 Å². The largest absolute Gasteiger partial charge is 0.439 e. The summed E-state index contributed by atoms with van der Waals surface area (Å²) in [5.41, 5.74) is 28.6. The highest BCUT2D eigenvalue weighted by Crippen LogP contribution is 2.53. The van der Waals surface area contributed by atoms with Gasteiger partial charge in [-0.1, -0.05) is 246 Å². The van der Waals surface area contributed by atoms with Crippen LogP contribution in [-0.2, 0) is 32.5 Å². The van der Waals surface area contributed by atoms with Crippen molar-refractivity contribution in [2.45, 2.75) is 157 Å². The Morgan fingerprint density at radius 3 is 1.18 bits per heavy atom. The predicted molar refractivity (Wildman–Crippen MR) is 414 cm³/mol. The van der Waals surface area contributed by atoms with Gasteiger partial charge in [0.05, 0.1) is 44.0 Å². The monoisotopic (exact) mass is 1250 g/mol. The number of para-hydroxylation sites is 3. The molecule has 0 unspecified atom stereocenters. The normalized spacial score (nSPS) is 13.5. The van der Waals surface area contributed by atoms with E-state index in [2.05, 4.69) is 338 Å². The standard InChI is InChI=1S/C92H87N3O/c1-87(2,3)59-36-53(37-60(49-59)88(4,5)6)56-43-69(52-32-34-77-70(42-52)66-28-22-24-30-76(66)93(77)65-26-20-19-21-27-65)82-72(45-56)73-46-58(55-40-63(91(13,14)15)51-64(41-55)92(16,17)18)48-75-81-78(94(82)83(73)75)35-33-67-71-44-57(54-38-61(89(7,8)9)50-62(39-54)90(10,11)12)47-74-80-68-29-23-25-31-79(68)96-86(80)95(84(71)74)85(67)81/h19-51H,1-18H3. The van der Waals surface area contributed by atoms with Crippen LogP contribution >= 0.6 is 0 Å². The van der Waals surface area contributed by atoms with Crippen LogP contribution in [0.5, 0.6) is 0 Å². The molecule has 0 atom stereocenters. The fourth-order valence-electron chi connectivity index (χ4n) is 15.9. The quantitative estimate of drug-likeness (QED) is 0.169. The Morgan fingerprint density at radius 2 is 0.646 bits per heavy atom.